The van der Waals surface area contributed by atoms with E-state index in [0.29, 0.717) is 33.4 Å². The first kappa shape index (κ1) is 22.7. The molecule has 1 amide bonds. The number of ether oxygens (including phenoxy) is 1. The number of anilines is 2. The smallest absolute Gasteiger partial charge is 0.328 e. The molecule has 0 heterocycles. The van der Waals surface area contributed by atoms with Gasteiger partial charge in [0.05, 0.1) is 34.1 Å². The van der Waals surface area contributed by atoms with Crippen molar-refractivity contribution < 1.29 is 14.3 Å². The van der Waals surface area contributed by atoms with Gasteiger partial charge in [-0.2, -0.15) is 0 Å². The van der Waals surface area contributed by atoms with Gasteiger partial charge in [0, 0.05) is 6.42 Å². The van der Waals surface area contributed by atoms with E-state index in [1.165, 1.54) is 7.11 Å². The van der Waals surface area contributed by atoms with Gasteiger partial charge in [-0.05, 0) is 36.2 Å². The Kier molecular flexibility index (Phi) is 7.55. The summed E-state index contributed by atoms with van der Waals surface area (Å²) in [6.45, 7) is 1.87. The summed E-state index contributed by atoms with van der Waals surface area (Å²) in [7, 11) is 1.30. The van der Waals surface area contributed by atoms with Gasteiger partial charge in [0.15, 0.2) is 0 Å². The van der Waals surface area contributed by atoms with E-state index >= 15 is 0 Å². The predicted molar refractivity (Wildman–Crippen MR) is 124 cm³/mol. The molecule has 0 radical (unpaired) electrons. The summed E-state index contributed by atoms with van der Waals surface area (Å²) < 4.78 is 4.89. The van der Waals surface area contributed by atoms with Gasteiger partial charge in [-0.15, -0.1) is 0 Å². The van der Waals surface area contributed by atoms with Crippen LogP contribution in [0.1, 0.15) is 21.5 Å². The molecule has 0 saturated heterocycles. The van der Waals surface area contributed by atoms with Gasteiger partial charge in [0.25, 0.3) is 5.91 Å². The molecule has 3 rings (SSSR count). The third-order valence-corrected chi connectivity index (χ3v) is 5.59. The Morgan fingerprint density at radius 2 is 1.65 bits per heavy atom. The number of benzene rings is 3. The summed E-state index contributed by atoms with van der Waals surface area (Å²) in [6, 6.07) is 19.1. The van der Waals surface area contributed by atoms with Gasteiger partial charge in [0.1, 0.15) is 6.04 Å². The number of nitrogens with one attached hydrogen (secondary N) is 2. The van der Waals surface area contributed by atoms with Gasteiger partial charge in [-0.3, -0.25) is 4.79 Å². The van der Waals surface area contributed by atoms with Crippen LogP contribution >= 0.6 is 23.2 Å². The van der Waals surface area contributed by atoms with E-state index < -0.39 is 17.9 Å². The van der Waals surface area contributed by atoms with Gasteiger partial charge < -0.3 is 15.4 Å². The molecule has 1 atom stereocenters. The molecule has 0 aliphatic carbocycles. The van der Waals surface area contributed by atoms with Crippen LogP contribution in [0.2, 0.25) is 10.0 Å². The second-order valence-corrected chi connectivity index (χ2v) is 7.75. The molecule has 3 aromatic carbocycles. The molecule has 2 N–H and O–H groups in total. The Morgan fingerprint density at radius 3 is 2.35 bits per heavy atom. The van der Waals surface area contributed by atoms with Crippen LogP contribution in [0.5, 0.6) is 0 Å². The standard InChI is InChI=1S/C24H22Cl2N2O3/c1-15-12-13-18(25)22(21(15)26)27-19-11-7-6-10-17(19)23(29)28-20(24(30)31-2)14-16-8-4-3-5-9-16/h3-13,20,27H,14H2,1-2H3,(H,28,29)/t20-/m0/s1. The molecule has 7 heteroatoms. The SMILES string of the molecule is COC(=O)[C@H](Cc1ccccc1)NC(=O)c1ccccc1Nc1c(Cl)ccc(C)c1Cl. The van der Waals surface area contributed by atoms with Crippen LogP contribution in [-0.4, -0.2) is 25.0 Å². The maximum atomic E-state index is 13.1. The van der Waals surface area contributed by atoms with Crippen LogP contribution in [0.4, 0.5) is 11.4 Å². The van der Waals surface area contributed by atoms with Gasteiger partial charge >= 0.3 is 5.97 Å². The van der Waals surface area contributed by atoms with Crippen molar-refractivity contribution in [2.24, 2.45) is 0 Å². The first-order chi connectivity index (χ1) is 14.9. The van der Waals surface area contributed by atoms with E-state index in [4.69, 9.17) is 27.9 Å². The van der Waals surface area contributed by atoms with E-state index in [0.717, 1.165) is 11.1 Å². The zero-order valence-electron chi connectivity index (χ0n) is 17.1. The molecule has 0 aliphatic rings. The van der Waals surface area contributed by atoms with Crippen molar-refractivity contribution in [3.8, 4) is 0 Å². The summed E-state index contributed by atoms with van der Waals surface area (Å²) in [4.78, 5) is 25.4. The van der Waals surface area contributed by atoms with Gasteiger partial charge in [-0.25, -0.2) is 4.79 Å². The molecule has 0 fully saturated rings. The lowest BCUT2D eigenvalue weighted by Crippen LogP contribution is -2.43. The number of halogens is 2. The van der Waals surface area contributed by atoms with Crippen LogP contribution < -0.4 is 10.6 Å². The second kappa shape index (κ2) is 10.3. The summed E-state index contributed by atoms with van der Waals surface area (Å²) in [5, 5.41) is 6.84. The van der Waals surface area contributed by atoms with Crippen molar-refractivity contribution in [3.63, 3.8) is 0 Å². The number of hydrogen-bond donors (Lipinski definition) is 2. The monoisotopic (exact) mass is 456 g/mol. The molecular formula is C24H22Cl2N2O3. The Labute approximate surface area is 191 Å². The summed E-state index contributed by atoms with van der Waals surface area (Å²) in [6.07, 6.45) is 0.310. The normalized spacial score (nSPS) is 11.5. The van der Waals surface area contributed by atoms with Crippen LogP contribution in [0.15, 0.2) is 66.7 Å². The molecule has 0 unspecified atom stereocenters. The number of hydrogen-bond acceptors (Lipinski definition) is 4. The number of carbonyl (C=O) groups is 2. The van der Waals surface area contributed by atoms with Crippen molar-refractivity contribution in [3.05, 3.63) is 93.5 Å². The molecule has 160 valence electrons. The number of carbonyl (C=O) groups excluding carboxylic acids is 2. The first-order valence-electron chi connectivity index (χ1n) is 9.64. The third kappa shape index (κ3) is 5.57. The highest BCUT2D eigenvalue weighted by Gasteiger charge is 2.24. The molecule has 31 heavy (non-hydrogen) atoms. The van der Waals surface area contributed by atoms with E-state index in [-0.39, 0.29) is 0 Å². The van der Waals surface area contributed by atoms with Crippen LogP contribution in [0.25, 0.3) is 0 Å². The number of aryl methyl sites for hydroxylation is 1. The molecule has 5 nitrogen and oxygen atoms in total. The Morgan fingerprint density at radius 1 is 0.968 bits per heavy atom. The van der Waals surface area contributed by atoms with Crippen molar-refractivity contribution in [1.29, 1.82) is 0 Å². The fourth-order valence-electron chi connectivity index (χ4n) is 3.12. The molecule has 0 saturated carbocycles. The Balaban J connectivity index is 1.86. The second-order valence-electron chi connectivity index (χ2n) is 6.96. The van der Waals surface area contributed by atoms with E-state index in [1.807, 2.05) is 43.3 Å². The Bertz CT molecular complexity index is 1090. The summed E-state index contributed by atoms with van der Waals surface area (Å²) >= 11 is 12.7. The maximum absolute atomic E-state index is 13.1. The predicted octanol–water partition coefficient (Wildman–Crippen LogP) is 5.56. The zero-order valence-corrected chi connectivity index (χ0v) is 18.6. The summed E-state index contributed by atoms with van der Waals surface area (Å²) in [5.41, 5.74) is 3.13. The lowest BCUT2D eigenvalue weighted by Gasteiger charge is -2.19. The van der Waals surface area contributed by atoms with Crippen molar-refractivity contribution in [2.75, 3.05) is 12.4 Å². The molecule has 0 aliphatic heterocycles. The number of amides is 1. The van der Waals surface area contributed by atoms with Crippen molar-refractivity contribution in [1.82, 2.24) is 5.32 Å². The first-order valence-corrected chi connectivity index (χ1v) is 10.4. The lowest BCUT2D eigenvalue weighted by molar-refractivity contribution is -0.142. The fourth-order valence-corrected chi connectivity index (χ4v) is 3.58. The fraction of sp³-hybridized carbons (Fsp3) is 0.167. The molecule has 0 spiro atoms. The number of rotatable bonds is 7. The molecule has 0 aromatic heterocycles. The third-order valence-electron chi connectivity index (χ3n) is 4.79. The number of para-hydroxylation sites is 1. The minimum atomic E-state index is -0.834. The number of esters is 1. The molecule has 0 bridgehead atoms. The van der Waals surface area contributed by atoms with Crippen molar-refractivity contribution in [2.45, 2.75) is 19.4 Å². The quantitative estimate of drug-likeness (QED) is 0.456. The average Bonchev–Trinajstić information content (AvgIpc) is 2.79. The summed E-state index contributed by atoms with van der Waals surface area (Å²) in [5.74, 6) is -0.943. The largest absolute Gasteiger partial charge is 0.467 e. The van der Waals surface area contributed by atoms with Crippen molar-refractivity contribution >= 4 is 46.5 Å². The minimum absolute atomic E-state index is 0.310. The lowest BCUT2D eigenvalue weighted by atomic mass is 10.0. The highest BCUT2D eigenvalue weighted by atomic mass is 35.5. The van der Waals surface area contributed by atoms with Gasteiger partial charge in [0.2, 0.25) is 0 Å². The Hall–Kier alpha value is -3.02. The van der Waals surface area contributed by atoms with E-state index in [2.05, 4.69) is 10.6 Å². The highest BCUT2D eigenvalue weighted by Crippen LogP contribution is 2.35. The number of methoxy groups -OCH3 is 1. The topological polar surface area (TPSA) is 67.4 Å². The minimum Gasteiger partial charge on any atom is -0.467 e. The molecular weight excluding hydrogens is 435 g/mol. The van der Waals surface area contributed by atoms with E-state index in [1.54, 1.807) is 30.3 Å². The average molecular weight is 457 g/mol. The van der Waals surface area contributed by atoms with E-state index in [9.17, 15) is 9.59 Å². The van der Waals surface area contributed by atoms with Crippen LogP contribution in [0, 0.1) is 6.92 Å². The maximum Gasteiger partial charge on any atom is 0.328 e. The van der Waals surface area contributed by atoms with Crippen LogP contribution in [-0.2, 0) is 16.0 Å². The van der Waals surface area contributed by atoms with Crippen LogP contribution in [0.3, 0.4) is 0 Å². The highest BCUT2D eigenvalue weighted by molar-refractivity contribution is 6.39. The zero-order chi connectivity index (χ0) is 22.4. The molecule has 3 aromatic rings. The van der Waals surface area contributed by atoms with Gasteiger partial charge in [-0.1, -0.05) is 71.7 Å².